The molecule has 1 rings (SSSR count). The highest BCUT2D eigenvalue weighted by molar-refractivity contribution is 14.1. The van der Waals surface area contributed by atoms with Crippen LogP contribution in [0.3, 0.4) is 0 Å². The second-order valence-electron chi connectivity index (χ2n) is 4.68. The fourth-order valence-corrected chi connectivity index (χ4v) is 1.79. The number of aromatic nitrogens is 2. The smallest absolute Gasteiger partial charge is 0.264 e. The Morgan fingerprint density at radius 3 is 2.47 bits per heavy atom. The number of hydrogen-bond acceptors (Lipinski definition) is 2. The van der Waals surface area contributed by atoms with E-state index in [1.165, 1.54) is 0 Å². The zero-order valence-electron chi connectivity index (χ0n) is 9.65. The molecular formula is C11H17IN2O. The Morgan fingerprint density at radius 2 is 2.00 bits per heavy atom. The predicted molar refractivity (Wildman–Crippen MR) is 70.3 cm³/mol. The van der Waals surface area contributed by atoms with E-state index in [0.29, 0.717) is 0 Å². The van der Waals surface area contributed by atoms with E-state index in [4.69, 9.17) is 0 Å². The monoisotopic (exact) mass is 320 g/mol. The summed E-state index contributed by atoms with van der Waals surface area (Å²) in [6.07, 6.45) is 1.88. The average molecular weight is 320 g/mol. The second kappa shape index (κ2) is 4.63. The maximum absolute atomic E-state index is 11.7. The Labute approximate surface area is 104 Å². The van der Waals surface area contributed by atoms with Gasteiger partial charge in [0.15, 0.2) is 0 Å². The molecule has 3 nitrogen and oxygen atoms in total. The minimum Gasteiger partial charge on any atom is -0.309 e. The minimum atomic E-state index is -0.105. The van der Waals surface area contributed by atoms with Crippen LogP contribution in [0.25, 0.3) is 0 Å². The summed E-state index contributed by atoms with van der Waals surface area (Å²) < 4.78 is 0.724. The lowest BCUT2D eigenvalue weighted by Gasteiger charge is -2.18. The first-order valence-corrected chi connectivity index (χ1v) is 6.23. The maximum Gasteiger partial charge on any atom is 0.264 e. The summed E-state index contributed by atoms with van der Waals surface area (Å²) in [5.41, 5.74) is 0.803. The number of aromatic amines is 1. The van der Waals surface area contributed by atoms with E-state index in [1.807, 2.05) is 20.8 Å². The average Bonchev–Trinajstić information content (AvgIpc) is 2.11. The van der Waals surface area contributed by atoms with Crippen LogP contribution in [0, 0.1) is 3.57 Å². The molecule has 1 N–H and O–H groups in total. The number of aryl methyl sites for hydroxylation is 1. The summed E-state index contributed by atoms with van der Waals surface area (Å²) in [7, 11) is 0. The number of nitrogens with zero attached hydrogens (tertiary/aromatic N) is 1. The van der Waals surface area contributed by atoms with Crippen molar-refractivity contribution in [2.45, 2.75) is 46.0 Å². The Balaban J connectivity index is 3.30. The van der Waals surface area contributed by atoms with Gasteiger partial charge in [0.1, 0.15) is 5.82 Å². The first kappa shape index (κ1) is 12.7. The van der Waals surface area contributed by atoms with Gasteiger partial charge in [-0.25, -0.2) is 4.98 Å². The van der Waals surface area contributed by atoms with E-state index < -0.39 is 0 Å². The van der Waals surface area contributed by atoms with Gasteiger partial charge in [-0.1, -0.05) is 34.1 Å². The van der Waals surface area contributed by atoms with Crippen molar-refractivity contribution in [3.05, 3.63) is 25.4 Å². The lowest BCUT2D eigenvalue weighted by atomic mass is 9.95. The van der Waals surface area contributed by atoms with Gasteiger partial charge in [-0.05, 0) is 29.0 Å². The van der Waals surface area contributed by atoms with Crippen molar-refractivity contribution in [3.63, 3.8) is 0 Å². The number of halogens is 1. The molecule has 1 aromatic rings. The molecule has 0 aromatic carbocycles. The SMILES string of the molecule is CCCc1nc(C(C)(C)C)[nH]c(=O)c1I. The lowest BCUT2D eigenvalue weighted by molar-refractivity contribution is 0.537. The lowest BCUT2D eigenvalue weighted by Crippen LogP contribution is -2.25. The summed E-state index contributed by atoms with van der Waals surface area (Å²) in [4.78, 5) is 19.1. The zero-order chi connectivity index (χ0) is 11.6. The van der Waals surface area contributed by atoms with Crippen molar-refractivity contribution in [1.29, 1.82) is 0 Å². The molecule has 1 heterocycles. The Kier molecular flexibility index (Phi) is 3.92. The fraction of sp³-hybridized carbons (Fsp3) is 0.636. The van der Waals surface area contributed by atoms with Crippen molar-refractivity contribution in [3.8, 4) is 0 Å². The molecule has 0 fully saturated rings. The molecule has 0 atom stereocenters. The Morgan fingerprint density at radius 1 is 1.40 bits per heavy atom. The van der Waals surface area contributed by atoms with Crippen molar-refractivity contribution in [2.24, 2.45) is 0 Å². The third kappa shape index (κ3) is 3.03. The number of nitrogens with one attached hydrogen (secondary N) is 1. The van der Waals surface area contributed by atoms with Gasteiger partial charge in [0, 0.05) is 5.41 Å². The van der Waals surface area contributed by atoms with E-state index in [-0.39, 0.29) is 11.0 Å². The summed E-state index contributed by atoms with van der Waals surface area (Å²) in [6, 6.07) is 0. The molecular weight excluding hydrogens is 303 g/mol. The quantitative estimate of drug-likeness (QED) is 0.852. The zero-order valence-corrected chi connectivity index (χ0v) is 11.8. The standard InChI is InChI=1S/C11H17IN2O/c1-5-6-7-8(12)9(15)14-10(13-7)11(2,3)4/h5-6H2,1-4H3,(H,13,14,15). The largest absolute Gasteiger partial charge is 0.309 e. The molecule has 0 aliphatic heterocycles. The van der Waals surface area contributed by atoms with E-state index >= 15 is 0 Å². The second-order valence-corrected chi connectivity index (χ2v) is 5.75. The van der Waals surface area contributed by atoms with E-state index in [1.54, 1.807) is 0 Å². The van der Waals surface area contributed by atoms with Crippen LogP contribution in [0.4, 0.5) is 0 Å². The normalized spacial score (nSPS) is 11.8. The van der Waals surface area contributed by atoms with Gasteiger partial charge in [0.2, 0.25) is 0 Å². The Bertz CT molecular complexity index is 404. The molecule has 15 heavy (non-hydrogen) atoms. The highest BCUT2D eigenvalue weighted by Crippen LogP contribution is 2.18. The summed E-state index contributed by atoms with van der Waals surface area (Å²) in [5.74, 6) is 0.774. The topological polar surface area (TPSA) is 45.8 Å². The van der Waals surface area contributed by atoms with Crippen LogP contribution in [0.5, 0.6) is 0 Å². The predicted octanol–water partition coefficient (Wildman–Crippen LogP) is 2.62. The Hall–Kier alpha value is -0.390. The van der Waals surface area contributed by atoms with Crippen LogP contribution in [0.1, 0.15) is 45.6 Å². The molecule has 0 radical (unpaired) electrons. The number of rotatable bonds is 2. The molecule has 0 aliphatic rings. The van der Waals surface area contributed by atoms with Crippen LogP contribution in [-0.4, -0.2) is 9.97 Å². The van der Waals surface area contributed by atoms with Gasteiger partial charge in [-0.3, -0.25) is 4.79 Å². The van der Waals surface area contributed by atoms with Crippen LogP contribution >= 0.6 is 22.6 Å². The summed E-state index contributed by atoms with van der Waals surface area (Å²) in [5, 5.41) is 0. The van der Waals surface area contributed by atoms with Crippen molar-refractivity contribution < 1.29 is 0 Å². The van der Waals surface area contributed by atoms with Gasteiger partial charge >= 0.3 is 0 Å². The van der Waals surface area contributed by atoms with Crippen molar-refractivity contribution in [1.82, 2.24) is 9.97 Å². The summed E-state index contributed by atoms with van der Waals surface area (Å²) in [6.45, 7) is 8.24. The summed E-state index contributed by atoms with van der Waals surface area (Å²) >= 11 is 2.07. The molecule has 1 aromatic heterocycles. The van der Waals surface area contributed by atoms with Crippen molar-refractivity contribution >= 4 is 22.6 Å². The third-order valence-electron chi connectivity index (χ3n) is 2.13. The van der Waals surface area contributed by atoms with Crippen molar-refractivity contribution in [2.75, 3.05) is 0 Å². The molecule has 0 spiro atoms. The molecule has 4 heteroatoms. The van der Waals surface area contributed by atoms with Gasteiger partial charge in [0.05, 0.1) is 9.26 Å². The van der Waals surface area contributed by atoms with E-state index in [9.17, 15) is 4.79 Å². The van der Waals surface area contributed by atoms with E-state index in [0.717, 1.165) is 27.9 Å². The highest BCUT2D eigenvalue weighted by Gasteiger charge is 2.19. The van der Waals surface area contributed by atoms with Crippen LogP contribution in [-0.2, 0) is 11.8 Å². The third-order valence-corrected chi connectivity index (χ3v) is 3.24. The molecule has 84 valence electrons. The van der Waals surface area contributed by atoms with E-state index in [2.05, 4.69) is 39.5 Å². The molecule has 0 unspecified atom stereocenters. The fourth-order valence-electron chi connectivity index (χ4n) is 1.26. The molecule has 0 bridgehead atoms. The van der Waals surface area contributed by atoms with Gasteiger partial charge in [-0.2, -0.15) is 0 Å². The van der Waals surface area contributed by atoms with Gasteiger partial charge in [0.25, 0.3) is 5.56 Å². The minimum absolute atomic E-state index is 0.0148. The molecule has 0 amide bonds. The van der Waals surface area contributed by atoms with Crippen LogP contribution < -0.4 is 5.56 Å². The first-order valence-electron chi connectivity index (χ1n) is 5.15. The van der Waals surface area contributed by atoms with Gasteiger partial charge in [-0.15, -0.1) is 0 Å². The maximum atomic E-state index is 11.7. The van der Waals surface area contributed by atoms with Crippen LogP contribution in [0.2, 0.25) is 0 Å². The molecule has 0 saturated carbocycles. The highest BCUT2D eigenvalue weighted by atomic mass is 127. The number of hydrogen-bond donors (Lipinski definition) is 1. The van der Waals surface area contributed by atoms with Gasteiger partial charge < -0.3 is 4.98 Å². The first-order chi connectivity index (χ1) is 6.86. The number of H-pyrrole nitrogens is 1. The van der Waals surface area contributed by atoms with Crippen LogP contribution in [0.15, 0.2) is 4.79 Å². The molecule has 0 aliphatic carbocycles. The molecule has 0 saturated heterocycles.